The standard InChI is InChI=1S/C9H14N2O3/c1-6-7(2)11(4-5-12)9(14)10(3)8(6)13/h12H,4-5H2,1-3H3. The zero-order valence-corrected chi connectivity index (χ0v) is 8.57. The van der Waals surface area contributed by atoms with Crippen LogP contribution in [0, 0.1) is 13.8 Å². The van der Waals surface area contributed by atoms with E-state index in [4.69, 9.17) is 5.11 Å². The van der Waals surface area contributed by atoms with E-state index in [2.05, 4.69) is 0 Å². The molecular formula is C9H14N2O3. The van der Waals surface area contributed by atoms with Crippen LogP contribution in [0.25, 0.3) is 0 Å². The highest BCUT2D eigenvalue weighted by molar-refractivity contribution is 5.14. The van der Waals surface area contributed by atoms with Gasteiger partial charge in [0.15, 0.2) is 0 Å². The van der Waals surface area contributed by atoms with Gasteiger partial charge in [-0.1, -0.05) is 0 Å². The van der Waals surface area contributed by atoms with Crippen molar-refractivity contribution in [2.24, 2.45) is 7.05 Å². The highest BCUT2D eigenvalue weighted by Gasteiger charge is 2.09. The molecule has 0 aromatic carbocycles. The van der Waals surface area contributed by atoms with Crippen LogP contribution in [-0.4, -0.2) is 20.8 Å². The van der Waals surface area contributed by atoms with Gasteiger partial charge in [0, 0.05) is 18.3 Å². The molecule has 0 fully saturated rings. The fraction of sp³-hybridized carbons (Fsp3) is 0.556. The Bertz CT molecular complexity index is 456. The van der Waals surface area contributed by atoms with Crippen molar-refractivity contribution in [2.45, 2.75) is 20.4 Å². The predicted octanol–water partition coefficient (Wildman–Crippen LogP) is -0.844. The molecule has 5 nitrogen and oxygen atoms in total. The van der Waals surface area contributed by atoms with E-state index in [0.29, 0.717) is 11.3 Å². The van der Waals surface area contributed by atoms with Crippen LogP contribution in [0.1, 0.15) is 11.3 Å². The maximum absolute atomic E-state index is 11.6. The van der Waals surface area contributed by atoms with Crippen LogP contribution in [0.4, 0.5) is 0 Å². The number of aliphatic hydroxyl groups excluding tert-OH is 1. The van der Waals surface area contributed by atoms with E-state index in [1.165, 1.54) is 11.6 Å². The van der Waals surface area contributed by atoms with Crippen LogP contribution in [0.15, 0.2) is 9.59 Å². The summed E-state index contributed by atoms with van der Waals surface area (Å²) in [5.41, 5.74) is 0.501. The summed E-state index contributed by atoms with van der Waals surface area (Å²) < 4.78 is 2.45. The summed E-state index contributed by atoms with van der Waals surface area (Å²) in [5.74, 6) is 0. The van der Waals surface area contributed by atoms with Gasteiger partial charge in [-0.05, 0) is 13.8 Å². The summed E-state index contributed by atoms with van der Waals surface area (Å²) in [5, 5.41) is 8.77. The van der Waals surface area contributed by atoms with Gasteiger partial charge in [0.2, 0.25) is 0 Å². The van der Waals surface area contributed by atoms with Crippen molar-refractivity contribution in [3.63, 3.8) is 0 Å². The molecule has 0 aliphatic carbocycles. The van der Waals surface area contributed by atoms with Gasteiger partial charge in [-0.3, -0.25) is 13.9 Å². The molecule has 5 heteroatoms. The summed E-state index contributed by atoms with van der Waals surface area (Å²) in [6, 6.07) is 0. The summed E-state index contributed by atoms with van der Waals surface area (Å²) in [6.45, 7) is 3.48. The molecular weight excluding hydrogens is 184 g/mol. The molecule has 1 rings (SSSR count). The molecule has 1 aromatic rings. The molecule has 78 valence electrons. The average molecular weight is 198 g/mol. The van der Waals surface area contributed by atoms with Crippen molar-refractivity contribution >= 4 is 0 Å². The lowest BCUT2D eigenvalue weighted by Gasteiger charge is -2.11. The second-order valence-electron chi connectivity index (χ2n) is 3.23. The molecule has 0 unspecified atom stereocenters. The molecule has 0 aliphatic heterocycles. The van der Waals surface area contributed by atoms with Crippen molar-refractivity contribution in [1.82, 2.24) is 9.13 Å². The minimum atomic E-state index is -0.382. The summed E-state index contributed by atoms with van der Waals surface area (Å²) >= 11 is 0. The Kier molecular flexibility index (Phi) is 2.90. The van der Waals surface area contributed by atoms with Gasteiger partial charge in [0.25, 0.3) is 5.56 Å². The van der Waals surface area contributed by atoms with Crippen LogP contribution in [0.2, 0.25) is 0 Å². The van der Waals surface area contributed by atoms with Crippen LogP contribution in [-0.2, 0) is 13.6 Å². The molecule has 0 radical (unpaired) electrons. The van der Waals surface area contributed by atoms with Crippen molar-refractivity contribution < 1.29 is 5.11 Å². The van der Waals surface area contributed by atoms with E-state index < -0.39 is 0 Å². The van der Waals surface area contributed by atoms with Crippen molar-refractivity contribution in [1.29, 1.82) is 0 Å². The molecule has 0 spiro atoms. The Hall–Kier alpha value is -1.36. The first-order valence-corrected chi connectivity index (χ1v) is 4.38. The summed E-state index contributed by atoms with van der Waals surface area (Å²) in [6.07, 6.45) is 0. The molecule has 0 atom stereocenters. The Morgan fingerprint density at radius 2 is 1.86 bits per heavy atom. The van der Waals surface area contributed by atoms with Gasteiger partial charge in [0.1, 0.15) is 0 Å². The molecule has 0 aliphatic rings. The predicted molar refractivity (Wildman–Crippen MR) is 52.5 cm³/mol. The minimum absolute atomic E-state index is 0.113. The smallest absolute Gasteiger partial charge is 0.330 e. The third-order valence-corrected chi connectivity index (χ3v) is 2.41. The van der Waals surface area contributed by atoms with Gasteiger partial charge in [0.05, 0.1) is 13.2 Å². The van der Waals surface area contributed by atoms with E-state index >= 15 is 0 Å². The maximum Gasteiger partial charge on any atom is 0.330 e. The van der Waals surface area contributed by atoms with Gasteiger partial charge < -0.3 is 5.11 Å². The first-order chi connectivity index (χ1) is 6.50. The van der Waals surface area contributed by atoms with E-state index in [1.807, 2.05) is 0 Å². The lowest BCUT2D eigenvalue weighted by molar-refractivity contribution is 0.270. The van der Waals surface area contributed by atoms with Gasteiger partial charge in [-0.15, -0.1) is 0 Å². The summed E-state index contributed by atoms with van der Waals surface area (Å²) in [4.78, 5) is 23.0. The summed E-state index contributed by atoms with van der Waals surface area (Å²) in [7, 11) is 1.44. The number of aromatic nitrogens is 2. The third-order valence-electron chi connectivity index (χ3n) is 2.41. The molecule has 1 aromatic heterocycles. The van der Waals surface area contributed by atoms with Crippen LogP contribution < -0.4 is 11.2 Å². The Labute approximate surface area is 81.2 Å². The quantitative estimate of drug-likeness (QED) is 0.673. The number of hydrogen-bond acceptors (Lipinski definition) is 3. The van der Waals surface area contributed by atoms with Crippen LogP contribution in [0.5, 0.6) is 0 Å². The topological polar surface area (TPSA) is 64.2 Å². The van der Waals surface area contributed by atoms with E-state index in [9.17, 15) is 9.59 Å². The zero-order valence-electron chi connectivity index (χ0n) is 8.57. The maximum atomic E-state index is 11.6. The number of hydrogen-bond donors (Lipinski definition) is 1. The number of aliphatic hydroxyl groups is 1. The highest BCUT2D eigenvalue weighted by Crippen LogP contribution is 1.96. The normalized spacial score (nSPS) is 10.6. The van der Waals surface area contributed by atoms with E-state index in [-0.39, 0.29) is 24.4 Å². The van der Waals surface area contributed by atoms with Crippen molar-refractivity contribution in [3.8, 4) is 0 Å². The van der Waals surface area contributed by atoms with Gasteiger partial charge in [-0.2, -0.15) is 0 Å². The monoisotopic (exact) mass is 198 g/mol. The Morgan fingerprint density at radius 1 is 1.29 bits per heavy atom. The average Bonchev–Trinajstić information content (AvgIpc) is 2.19. The number of nitrogens with zero attached hydrogens (tertiary/aromatic N) is 2. The third kappa shape index (κ3) is 1.50. The van der Waals surface area contributed by atoms with Gasteiger partial charge >= 0.3 is 5.69 Å². The van der Waals surface area contributed by atoms with Crippen LogP contribution >= 0.6 is 0 Å². The number of rotatable bonds is 2. The fourth-order valence-corrected chi connectivity index (χ4v) is 1.38. The lowest BCUT2D eigenvalue weighted by Crippen LogP contribution is -2.41. The van der Waals surface area contributed by atoms with Crippen molar-refractivity contribution in [2.75, 3.05) is 6.61 Å². The molecule has 1 N–H and O–H groups in total. The minimum Gasteiger partial charge on any atom is -0.395 e. The molecule has 0 bridgehead atoms. The molecule has 14 heavy (non-hydrogen) atoms. The lowest BCUT2D eigenvalue weighted by atomic mass is 10.2. The second-order valence-corrected chi connectivity index (χ2v) is 3.23. The Balaban J connectivity index is 3.60. The first kappa shape index (κ1) is 10.7. The molecule has 0 amide bonds. The molecule has 0 saturated heterocycles. The fourth-order valence-electron chi connectivity index (χ4n) is 1.38. The Morgan fingerprint density at radius 3 is 2.36 bits per heavy atom. The van der Waals surface area contributed by atoms with E-state index in [0.717, 1.165) is 4.57 Å². The second kappa shape index (κ2) is 3.79. The zero-order chi connectivity index (χ0) is 10.9. The molecule has 0 saturated carbocycles. The van der Waals surface area contributed by atoms with Crippen molar-refractivity contribution in [3.05, 3.63) is 32.1 Å². The van der Waals surface area contributed by atoms with E-state index in [1.54, 1.807) is 13.8 Å². The SMILES string of the molecule is Cc1c(C)n(CCO)c(=O)n(C)c1=O. The largest absolute Gasteiger partial charge is 0.395 e. The molecule has 1 heterocycles. The van der Waals surface area contributed by atoms with Crippen LogP contribution in [0.3, 0.4) is 0 Å². The first-order valence-electron chi connectivity index (χ1n) is 4.38. The van der Waals surface area contributed by atoms with Gasteiger partial charge in [-0.25, -0.2) is 4.79 Å². The highest BCUT2D eigenvalue weighted by atomic mass is 16.3.